The van der Waals surface area contributed by atoms with Gasteiger partial charge in [-0.3, -0.25) is 19.2 Å². The maximum atomic E-state index is 11.2. The Morgan fingerprint density at radius 1 is 0.460 bits per heavy atom. The SMILES string of the molecule is CCCCCCCCCCCCCCCC(CCCOC=O)C(=O)O.CCCCCCCCCCCCCCCC(CCOC=O)CC(=O)O. The van der Waals surface area contributed by atoms with E-state index in [9.17, 15) is 24.3 Å². The summed E-state index contributed by atoms with van der Waals surface area (Å²) in [6.07, 6.45) is 37.9. The summed E-state index contributed by atoms with van der Waals surface area (Å²) >= 11 is 0. The number of hydrogen-bond donors (Lipinski definition) is 2. The van der Waals surface area contributed by atoms with Gasteiger partial charge in [0.15, 0.2) is 0 Å². The highest BCUT2D eigenvalue weighted by atomic mass is 16.5. The van der Waals surface area contributed by atoms with Crippen molar-refractivity contribution >= 4 is 24.9 Å². The van der Waals surface area contributed by atoms with Gasteiger partial charge in [-0.05, 0) is 38.0 Å². The summed E-state index contributed by atoms with van der Waals surface area (Å²) < 4.78 is 9.30. The number of carboxylic acid groups (broad SMARTS) is 2. The molecule has 0 heterocycles. The predicted molar refractivity (Wildman–Crippen MR) is 205 cm³/mol. The fraction of sp³-hybridized carbons (Fsp3) is 0.905. The molecule has 2 N–H and O–H groups in total. The molecule has 0 aromatic heterocycles. The minimum Gasteiger partial charge on any atom is -0.481 e. The number of rotatable bonds is 40. The molecular formula is C42H80O8. The van der Waals surface area contributed by atoms with E-state index in [4.69, 9.17) is 9.84 Å². The van der Waals surface area contributed by atoms with Crippen LogP contribution in [0.1, 0.15) is 219 Å². The van der Waals surface area contributed by atoms with Gasteiger partial charge in [-0.25, -0.2) is 0 Å². The average Bonchev–Trinajstić information content (AvgIpc) is 3.09. The number of unbranched alkanes of at least 4 members (excludes halogenated alkanes) is 24. The van der Waals surface area contributed by atoms with Gasteiger partial charge in [0.1, 0.15) is 0 Å². The van der Waals surface area contributed by atoms with Gasteiger partial charge < -0.3 is 19.7 Å². The van der Waals surface area contributed by atoms with E-state index in [0.29, 0.717) is 45.4 Å². The van der Waals surface area contributed by atoms with Crippen LogP contribution in [0.4, 0.5) is 0 Å². The Bertz CT molecular complexity index is 729. The summed E-state index contributed by atoms with van der Waals surface area (Å²) in [5.41, 5.74) is 0. The van der Waals surface area contributed by atoms with Gasteiger partial charge in [0.25, 0.3) is 12.9 Å². The first kappa shape index (κ1) is 50.0. The largest absolute Gasteiger partial charge is 0.481 e. The van der Waals surface area contributed by atoms with Crippen LogP contribution >= 0.6 is 0 Å². The van der Waals surface area contributed by atoms with Crippen molar-refractivity contribution in [2.24, 2.45) is 11.8 Å². The van der Waals surface area contributed by atoms with Crippen LogP contribution in [0.3, 0.4) is 0 Å². The summed E-state index contributed by atoms with van der Waals surface area (Å²) in [6, 6.07) is 0. The van der Waals surface area contributed by atoms with Crippen LogP contribution < -0.4 is 0 Å². The molecule has 0 aliphatic carbocycles. The number of carbonyl (C=O) groups excluding carboxylic acids is 2. The number of aliphatic carboxylic acids is 2. The topological polar surface area (TPSA) is 127 Å². The van der Waals surface area contributed by atoms with Gasteiger partial charge in [0, 0.05) is 6.42 Å². The molecule has 0 saturated carbocycles. The van der Waals surface area contributed by atoms with Crippen molar-refractivity contribution in [3.8, 4) is 0 Å². The zero-order chi connectivity index (χ0) is 37.2. The number of carboxylic acids is 2. The molecule has 8 nitrogen and oxygen atoms in total. The molecule has 0 bridgehead atoms. The molecule has 50 heavy (non-hydrogen) atoms. The summed E-state index contributed by atoms with van der Waals surface area (Å²) in [4.78, 5) is 42.3. The lowest BCUT2D eigenvalue weighted by Gasteiger charge is -2.13. The van der Waals surface area contributed by atoms with Gasteiger partial charge >= 0.3 is 11.9 Å². The first-order valence-electron chi connectivity index (χ1n) is 21.0. The summed E-state index contributed by atoms with van der Waals surface area (Å²) in [5.74, 6) is -1.64. The van der Waals surface area contributed by atoms with E-state index in [0.717, 1.165) is 32.1 Å². The summed E-state index contributed by atoms with van der Waals surface area (Å²) in [6.45, 7) is 6.03. The van der Waals surface area contributed by atoms with E-state index in [1.807, 2.05) is 0 Å². The first-order valence-corrected chi connectivity index (χ1v) is 21.0. The van der Waals surface area contributed by atoms with Crippen LogP contribution in [0.5, 0.6) is 0 Å². The van der Waals surface area contributed by atoms with E-state index < -0.39 is 11.9 Å². The Hall–Kier alpha value is -2.12. The second-order valence-electron chi connectivity index (χ2n) is 14.4. The maximum absolute atomic E-state index is 11.2. The third-order valence-corrected chi connectivity index (χ3v) is 9.78. The first-order chi connectivity index (χ1) is 24.4. The van der Waals surface area contributed by atoms with Crippen molar-refractivity contribution in [2.75, 3.05) is 13.2 Å². The van der Waals surface area contributed by atoms with Crippen LogP contribution in [-0.4, -0.2) is 48.3 Å². The normalized spacial score (nSPS) is 12.0. The lowest BCUT2D eigenvalue weighted by atomic mass is 9.94. The third kappa shape index (κ3) is 42.0. The molecule has 0 aromatic rings. The highest BCUT2D eigenvalue weighted by Gasteiger charge is 2.16. The van der Waals surface area contributed by atoms with Gasteiger partial charge in [-0.2, -0.15) is 0 Å². The van der Waals surface area contributed by atoms with Crippen LogP contribution in [0.2, 0.25) is 0 Å². The molecule has 0 fully saturated rings. The Labute approximate surface area is 307 Å². The Morgan fingerprint density at radius 2 is 0.800 bits per heavy atom. The van der Waals surface area contributed by atoms with Gasteiger partial charge in [-0.15, -0.1) is 0 Å². The predicted octanol–water partition coefficient (Wildman–Crippen LogP) is 12.2. The second kappa shape index (κ2) is 43.0. The smallest absolute Gasteiger partial charge is 0.306 e. The van der Waals surface area contributed by atoms with Gasteiger partial charge in [-0.1, -0.05) is 181 Å². The number of carbonyl (C=O) groups is 4. The molecule has 0 radical (unpaired) electrons. The molecule has 2 unspecified atom stereocenters. The molecule has 0 rings (SSSR count). The monoisotopic (exact) mass is 713 g/mol. The molecule has 0 spiro atoms. The Kier molecular flexibility index (Phi) is 43.0. The molecule has 0 amide bonds. The molecule has 2 atom stereocenters. The molecule has 8 heteroatoms. The van der Waals surface area contributed by atoms with Crippen LogP contribution in [0.25, 0.3) is 0 Å². The van der Waals surface area contributed by atoms with Gasteiger partial charge in [0.05, 0.1) is 19.1 Å². The maximum Gasteiger partial charge on any atom is 0.306 e. The molecule has 0 aliphatic rings. The zero-order valence-corrected chi connectivity index (χ0v) is 32.7. The standard InChI is InChI=1S/2C21H40O4/c1-2-3-4-5-6-7-8-9-10-11-12-13-14-16-20(21(23)24)17-15-18-25-19-22;1-2-3-4-5-6-7-8-9-10-11-12-13-14-15-20(18-21(23)24)16-17-25-19-22/h2*19-20H,2-18H2,1H3,(H,23,24). The number of ether oxygens (including phenoxy) is 2. The van der Waals surface area contributed by atoms with E-state index in [-0.39, 0.29) is 18.3 Å². The van der Waals surface area contributed by atoms with Crippen molar-refractivity contribution < 1.29 is 38.9 Å². The average molecular weight is 713 g/mol. The van der Waals surface area contributed by atoms with Crippen LogP contribution in [-0.2, 0) is 28.7 Å². The molecule has 0 aliphatic heterocycles. The van der Waals surface area contributed by atoms with E-state index in [1.165, 1.54) is 148 Å². The van der Waals surface area contributed by atoms with Crippen molar-refractivity contribution in [1.82, 2.24) is 0 Å². The minimum atomic E-state index is -0.759. The summed E-state index contributed by atoms with van der Waals surface area (Å²) in [5, 5.41) is 18.1. The zero-order valence-electron chi connectivity index (χ0n) is 32.7. The Balaban J connectivity index is 0. The second-order valence-corrected chi connectivity index (χ2v) is 14.4. The van der Waals surface area contributed by atoms with Gasteiger partial charge in [0.2, 0.25) is 0 Å². The van der Waals surface area contributed by atoms with Crippen molar-refractivity contribution in [3.63, 3.8) is 0 Å². The third-order valence-electron chi connectivity index (χ3n) is 9.78. The van der Waals surface area contributed by atoms with Crippen molar-refractivity contribution in [3.05, 3.63) is 0 Å². The highest BCUT2D eigenvalue weighted by Crippen LogP contribution is 2.20. The molecule has 296 valence electrons. The molecular weight excluding hydrogens is 632 g/mol. The van der Waals surface area contributed by atoms with E-state index in [1.54, 1.807) is 0 Å². The van der Waals surface area contributed by atoms with E-state index >= 15 is 0 Å². The lowest BCUT2D eigenvalue weighted by Crippen LogP contribution is -2.14. The fourth-order valence-corrected chi connectivity index (χ4v) is 6.59. The number of hydrogen-bond acceptors (Lipinski definition) is 6. The van der Waals surface area contributed by atoms with Crippen molar-refractivity contribution in [2.45, 2.75) is 219 Å². The fourth-order valence-electron chi connectivity index (χ4n) is 6.59. The quantitative estimate of drug-likeness (QED) is 0.0474. The molecule has 0 aromatic carbocycles. The Morgan fingerprint density at radius 3 is 1.16 bits per heavy atom. The minimum absolute atomic E-state index is 0.130. The summed E-state index contributed by atoms with van der Waals surface area (Å²) in [7, 11) is 0. The highest BCUT2D eigenvalue weighted by molar-refractivity contribution is 5.69. The van der Waals surface area contributed by atoms with Crippen LogP contribution in [0.15, 0.2) is 0 Å². The van der Waals surface area contributed by atoms with Crippen LogP contribution in [0, 0.1) is 11.8 Å². The lowest BCUT2D eigenvalue weighted by molar-refractivity contribution is -0.142. The van der Waals surface area contributed by atoms with Crippen molar-refractivity contribution in [1.29, 1.82) is 0 Å². The molecule has 0 saturated heterocycles. The van der Waals surface area contributed by atoms with E-state index in [2.05, 4.69) is 18.6 Å².